The molecule has 0 radical (unpaired) electrons. The number of halogens is 2. The molecule has 2 aliphatic rings. The van der Waals surface area contributed by atoms with E-state index in [2.05, 4.69) is 40.8 Å². The van der Waals surface area contributed by atoms with Gasteiger partial charge in [0.1, 0.15) is 18.7 Å². The number of carbonyl (C=O) groups is 1. The second-order valence-electron chi connectivity index (χ2n) is 11.1. The summed E-state index contributed by atoms with van der Waals surface area (Å²) >= 11 is 5.85. The average Bonchev–Trinajstić information content (AvgIpc) is 2.97. The maximum atomic E-state index is 14.1. The lowest BCUT2D eigenvalue weighted by Gasteiger charge is -2.42. The van der Waals surface area contributed by atoms with Gasteiger partial charge in [-0.2, -0.15) is 0 Å². The molecule has 1 unspecified atom stereocenters. The van der Waals surface area contributed by atoms with E-state index in [1.54, 1.807) is 12.1 Å². The Balaban J connectivity index is 1.16. The van der Waals surface area contributed by atoms with Crippen molar-refractivity contribution in [2.75, 3.05) is 51.2 Å². The summed E-state index contributed by atoms with van der Waals surface area (Å²) in [6, 6.07) is 17.0. The Bertz CT molecular complexity index is 1310. The van der Waals surface area contributed by atoms with Crippen LogP contribution in [-0.4, -0.2) is 73.4 Å². The SMILES string of the molecule is Cc1ccc(C=O)cc1N(CCN1CCC(c2cccc(OCc3ccc(Cl)cc3F)n2)CC1)CC1CCN1C. The largest absolute Gasteiger partial charge is 0.473 e. The zero-order valence-corrected chi connectivity index (χ0v) is 24.1. The van der Waals surface area contributed by atoms with Gasteiger partial charge in [-0.1, -0.05) is 35.9 Å². The first-order valence-corrected chi connectivity index (χ1v) is 14.5. The van der Waals surface area contributed by atoms with Crippen LogP contribution in [0.1, 0.15) is 52.4 Å². The number of piperidine rings is 1. The Kier molecular flexibility index (Phi) is 9.35. The van der Waals surface area contributed by atoms with Crippen LogP contribution in [0, 0.1) is 12.7 Å². The van der Waals surface area contributed by atoms with Crippen LogP contribution in [0.5, 0.6) is 5.88 Å². The topological polar surface area (TPSA) is 48.9 Å². The smallest absolute Gasteiger partial charge is 0.213 e. The van der Waals surface area contributed by atoms with E-state index < -0.39 is 0 Å². The zero-order valence-electron chi connectivity index (χ0n) is 23.4. The van der Waals surface area contributed by atoms with Crippen LogP contribution < -0.4 is 9.64 Å². The third-order valence-electron chi connectivity index (χ3n) is 8.41. The van der Waals surface area contributed by atoms with Crippen LogP contribution in [-0.2, 0) is 6.61 Å². The van der Waals surface area contributed by atoms with Crippen molar-refractivity contribution in [1.82, 2.24) is 14.8 Å². The molecule has 3 heterocycles. The minimum Gasteiger partial charge on any atom is -0.473 e. The van der Waals surface area contributed by atoms with Crippen LogP contribution in [0.2, 0.25) is 5.02 Å². The predicted molar refractivity (Wildman–Crippen MR) is 158 cm³/mol. The fourth-order valence-electron chi connectivity index (χ4n) is 5.65. The molecule has 3 aromatic rings. The number of aromatic nitrogens is 1. The number of anilines is 1. The monoisotopic (exact) mass is 564 g/mol. The number of benzene rings is 2. The first-order valence-electron chi connectivity index (χ1n) is 14.2. The number of carbonyl (C=O) groups excluding carboxylic acids is 1. The van der Waals surface area contributed by atoms with Gasteiger partial charge < -0.3 is 19.4 Å². The molecule has 2 fully saturated rings. The van der Waals surface area contributed by atoms with Gasteiger partial charge in [-0.3, -0.25) is 4.79 Å². The van der Waals surface area contributed by atoms with E-state index in [4.69, 9.17) is 21.3 Å². The van der Waals surface area contributed by atoms with Crippen LogP contribution in [0.25, 0.3) is 0 Å². The number of aldehydes is 1. The summed E-state index contributed by atoms with van der Waals surface area (Å²) in [5.41, 5.74) is 4.59. The highest BCUT2D eigenvalue weighted by atomic mass is 35.5. The molecule has 0 spiro atoms. The highest BCUT2D eigenvalue weighted by molar-refractivity contribution is 6.30. The van der Waals surface area contributed by atoms with Gasteiger partial charge in [0, 0.05) is 65.2 Å². The second-order valence-corrected chi connectivity index (χ2v) is 11.5. The van der Waals surface area contributed by atoms with Crippen molar-refractivity contribution in [3.8, 4) is 5.88 Å². The zero-order chi connectivity index (χ0) is 28.1. The average molecular weight is 565 g/mol. The Hall–Kier alpha value is -3.00. The molecule has 0 saturated carbocycles. The van der Waals surface area contributed by atoms with Crippen molar-refractivity contribution in [3.05, 3.63) is 87.8 Å². The first kappa shape index (κ1) is 28.5. The lowest BCUT2D eigenvalue weighted by atomic mass is 9.93. The molecule has 0 aliphatic carbocycles. The third kappa shape index (κ3) is 7.00. The number of nitrogens with zero attached hydrogens (tertiary/aromatic N) is 4. The standard InChI is InChI=1S/C32H38ClFN4O2/c1-23-6-7-24(21-39)18-31(23)38(20-28-12-13-36(28)2)17-16-37-14-10-25(11-15-37)30-4-3-5-32(35-30)40-22-26-8-9-27(33)19-29(26)34/h3-9,18-19,21,25,28H,10-17,20,22H2,1-2H3. The van der Waals surface area contributed by atoms with Crippen molar-refractivity contribution in [3.63, 3.8) is 0 Å². The van der Waals surface area contributed by atoms with Gasteiger partial charge >= 0.3 is 0 Å². The number of rotatable bonds is 11. The number of hydrogen-bond donors (Lipinski definition) is 0. The molecule has 2 aromatic carbocycles. The van der Waals surface area contributed by atoms with Crippen LogP contribution in [0.3, 0.4) is 0 Å². The predicted octanol–water partition coefficient (Wildman–Crippen LogP) is 5.96. The Labute approximate surface area is 241 Å². The van der Waals surface area contributed by atoms with Crippen LogP contribution in [0.4, 0.5) is 10.1 Å². The molecule has 1 aromatic heterocycles. The number of pyridine rings is 1. The third-order valence-corrected chi connectivity index (χ3v) is 8.64. The Morgan fingerprint density at radius 1 is 1.10 bits per heavy atom. The van der Waals surface area contributed by atoms with Crippen LogP contribution >= 0.6 is 11.6 Å². The lowest BCUT2D eigenvalue weighted by molar-refractivity contribution is 0.112. The quantitative estimate of drug-likeness (QED) is 0.268. The number of hydrogen-bond acceptors (Lipinski definition) is 6. The lowest BCUT2D eigenvalue weighted by Crippen LogP contribution is -2.52. The minimum atomic E-state index is -0.374. The van der Waals surface area contributed by atoms with Gasteiger partial charge in [0.2, 0.25) is 5.88 Å². The second kappa shape index (κ2) is 13.1. The molecule has 2 aliphatic heterocycles. The van der Waals surface area contributed by atoms with E-state index in [1.807, 2.05) is 24.3 Å². The molecule has 212 valence electrons. The van der Waals surface area contributed by atoms with Gasteiger partial charge in [-0.15, -0.1) is 0 Å². The molecular weight excluding hydrogens is 527 g/mol. The molecule has 1 atom stereocenters. The van der Waals surface area contributed by atoms with Crippen molar-refractivity contribution in [1.29, 1.82) is 0 Å². The Morgan fingerprint density at radius 3 is 2.62 bits per heavy atom. The molecular formula is C32H38ClFN4O2. The van der Waals surface area contributed by atoms with E-state index in [0.29, 0.717) is 28.4 Å². The van der Waals surface area contributed by atoms with Crippen molar-refractivity contribution in [2.45, 2.75) is 44.8 Å². The number of aryl methyl sites for hydroxylation is 1. The fraction of sp³-hybridized carbons (Fsp3) is 0.438. The summed E-state index contributed by atoms with van der Waals surface area (Å²) in [4.78, 5) is 23.6. The summed E-state index contributed by atoms with van der Waals surface area (Å²) in [6.45, 7) is 8.31. The molecule has 5 rings (SSSR count). The van der Waals surface area contributed by atoms with E-state index in [-0.39, 0.29) is 12.4 Å². The van der Waals surface area contributed by atoms with E-state index >= 15 is 0 Å². The number of likely N-dealkylation sites (N-methyl/N-ethyl adjacent to an activating group) is 1. The highest BCUT2D eigenvalue weighted by Crippen LogP contribution is 2.29. The molecule has 0 amide bonds. The van der Waals surface area contributed by atoms with Crippen molar-refractivity contribution >= 4 is 23.6 Å². The molecule has 40 heavy (non-hydrogen) atoms. The maximum absolute atomic E-state index is 14.1. The summed E-state index contributed by atoms with van der Waals surface area (Å²) in [7, 11) is 2.19. The molecule has 2 saturated heterocycles. The van der Waals surface area contributed by atoms with Gasteiger partial charge in [0.05, 0.1) is 0 Å². The van der Waals surface area contributed by atoms with Gasteiger partial charge in [0.25, 0.3) is 0 Å². The summed E-state index contributed by atoms with van der Waals surface area (Å²) < 4.78 is 19.9. The van der Waals surface area contributed by atoms with E-state index in [1.165, 1.54) is 23.7 Å². The Morgan fingerprint density at radius 2 is 1.93 bits per heavy atom. The molecule has 8 heteroatoms. The van der Waals surface area contributed by atoms with Crippen molar-refractivity contribution in [2.24, 2.45) is 0 Å². The fourth-order valence-corrected chi connectivity index (χ4v) is 5.81. The van der Waals surface area contributed by atoms with Crippen molar-refractivity contribution < 1.29 is 13.9 Å². The highest BCUT2D eigenvalue weighted by Gasteiger charge is 2.28. The number of ether oxygens (including phenoxy) is 1. The maximum Gasteiger partial charge on any atom is 0.213 e. The van der Waals surface area contributed by atoms with E-state index in [0.717, 1.165) is 69.7 Å². The first-order chi connectivity index (χ1) is 19.4. The molecule has 0 bridgehead atoms. The summed E-state index contributed by atoms with van der Waals surface area (Å²) in [6.07, 6.45) is 4.22. The molecule has 6 nitrogen and oxygen atoms in total. The number of likely N-dealkylation sites (tertiary alicyclic amines) is 2. The van der Waals surface area contributed by atoms with Gasteiger partial charge in [-0.25, -0.2) is 9.37 Å². The van der Waals surface area contributed by atoms with E-state index in [9.17, 15) is 9.18 Å². The molecule has 0 N–H and O–H groups in total. The normalized spacial score (nSPS) is 18.4. The summed E-state index contributed by atoms with van der Waals surface area (Å²) in [5, 5.41) is 0.369. The minimum absolute atomic E-state index is 0.111. The summed E-state index contributed by atoms with van der Waals surface area (Å²) in [5.74, 6) is 0.512. The van der Waals surface area contributed by atoms with Gasteiger partial charge in [0.15, 0.2) is 0 Å². The van der Waals surface area contributed by atoms with Crippen LogP contribution in [0.15, 0.2) is 54.6 Å². The van der Waals surface area contributed by atoms with Gasteiger partial charge in [-0.05, 0) is 82.7 Å².